The van der Waals surface area contributed by atoms with Gasteiger partial charge in [-0.25, -0.2) is 0 Å². The molecule has 0 unspecified atom stereocenters. The Morgan fingerprint density at radius 2 is 1.93 bits per heavy atom. The molecule has 14 heavy (non-hydrogen) atoms. The summed E-state index contributed by atoms with van der Waals surface area (Å²) in [5.74, 6) is 0.961. The summed E-state index contributed by atoms with van der Waals surface area (Å²) >= 11 is 3.29. The lowest BCUT2D eigenvalue weighted by atomic mass is 10.4. The molecule has 3 nitrogen and oxygen atoms in total. The number of nitrogens with zero attached hydrogens (tertiary/aromatic N) is 1. The van der Waals surface area contributed by atoms with E-state index in [-0.39, 0.29) is 0 Å². The van der Waals surface area contributed by atoms with Gasteiger partial charge in [0.05, 0.1) is 0 Å². The highest BCUT2D eigenvalue weighted by Crippen LogP contribution is 2.22. The zero-order valence-corrected chi connectivity index (χ0v) is 10.3. The van der Waals surface area contributed by atoms with Gasteiger partial charge in [0, 0.05) is 32.2 Å². The first-order valence-corrected chi connectivity index (χ1v) is 5.86. The highest BCUT2D eigenvalue weighted by molar-refractivity contribution is 9.10. The molecule has 1 saturated heterocycles. The molecule has 80 valence electrons. The highest BCUT2D eigenvalue weighted by atomic mass is 79.9. The Labute approximate surface area is 93.6 Å². The minimum atomic E-state index is 0.802. The van der Waals surface area contributed by atoms with Crippen molar-refractivity contribution in [2.75, 3.05) is 31.1 Å². The summed E-state index contributed by atoms with van der Waals surface area (Å²) in [6.07, 6.45) is 0. The van der Waals surface area contributed by atoms with Crippen LogP contribution in [0, 0.1) is 0 Å². The third-order valence-corrected chi connectivity index (χ3v) is 2.41. The lowest BCUT2D eigenvalue weighted by Gasteiger charge is -2.26. The lowest BCUT2D eigenvalue weighted by Crippen LogP contribution is -2.43. The predicted molar refractivity (Wildman–Crippen MR) is 62.8 cm³/mol. The average Bonchev–Trinajstić information content (AvgIpc) is 2.69. The Kier molecular flexibility index (Phi) is 5.04. The molecule has 0 spiro atoms. The fourth-order valence-corrected chi connectivity index (χ4v) is 1.66. The molecule has 1 aromatic heterocycles. The summed E-state index contributed by atoms with van der Waals surface area (Å²) in [5.41, 5.74) is 0. The molecule has 0 radical (unpaired) electrons. The maximum Gasteiger partial charge on any atom is 0.197 e. The summed E-state index contributed by atoms with van der Waals surface area (Å²) < 4.78 is 6.24. The third kappa shape index (κ3) is 3.03. The second-order valence-electron chi connectivity index (χ2n) is 2.81. The lowest BCUT2D eigenvalue weighted by molar-refractivity contribution is 0.494. The Morgan fingerprint density at radius 3 is 2.43 bits per heavy atom. The van der Waals surface area contributed by atoms with Gasteiger partial charge in [-0.05, 0) is 22.0 Å². The molecule has 4 heteroatoms. The second-order valence-corrected chi connectivity index (χ2v) is 3.60. The first-order valence-electron chi connectivity index (χ1n) is 5.07. The normalized spacial score (nSPS) is 16.1. The molecule has 0 saturated carbocycles. The largest absolute Gasteiger partial charge is 0.434 e. The van der Waals surface area contributed by atoms with Gasteiger partial charge >= 0.3 is 0 Å². The van der Waals surface area contributed by atoms with Crippen LogP contribution in [-0.2, 0) is 0 Å². The number of halogens is 1. The Balaban J connectivity index is 0.000000461. The SMILES string of the molecule is Brc1ccc(N2CCNCC2)o1.CC. The van der Waals surface area contributed by atoms with Crippen molar-refractivity contribution < 1.29 is 4.42 Å². The molecule has 0 aromatic carbocycles. The van der Waals surface area contributed by atoms with Crippen LogP contribution in [-0.4, -0.2) is 26.2 Å². The van der Waals surface area contributed by atoms with Gasteiger partial charge in [-0.2, -0.15) is 0 Å². The number of hydrogen-bond donors (Lipinski definition) is 1. The number of nitrogens with one attached hydrogen (secondary N) is 1. The third-order valence-electron chi connectivity index (χ3n) is 1.99. The molecule has 0 atom stereocenters. The molecule has 1 aliphatic heterocycles. The van der Waals surface area contributed by atoms with E-state index in [2.05, 4.69) is 26.1 Å². The summed E-state index contributed by atoms with van der Waals surface area (Å²) in [5, 5.41) is 3.30. The highest BCUT2D eigenvalue weighted by Gasteiger charge is 2.12. The van der Waals surface area contributed by atoms with Crippen molar-refractivity contribution in [3.63, 3.8) is 0 Å². The number of hydrogen-bond acceptors (Lipinski definition) is 3. The van der Waals surface area contributed by atoms with Gasteiger partial charge in [-0.1, -0.05) is 13.8 Å². The minimum Gasteiger partial charge on any atom is -0.434 e. The monoisotopic (exact) mass is 260 g/mol. The molecule has 1 N–H and O–H groups in total. The summed E-state index contributed by atoms with van der Waals surface area (Å²) in [6, 6.07) is 3.92. The average molecular weight is 261 g/mol. The van der Waals surface area contributed by atoms with Gasteiger partial charge in [-0.15, -0.1) is 0 Å². The van der Waals surface area contributed by atoms with E-state index in [1.807, 2.05) is 26.0 Å². The van der Waals surface area contributed by atoms with Crippen molar-refractivity contribution in [1.82, 2.24) is 5.32 Å². The van der Waals surface area contributed by atoms with Crippen molar-refractivity contribution >= 4 is 21.8 Å². The minimum absolute atomic E-state index is 0.802. The maximum atomic E-state index is 5.44. The van der Waals surface area contributed by atoms with E-state index in [0.717, 1.165) is 36.7 Å². The number of rotatable bonds is 1. The molecular formula is C10H17BrN2O. The predicted octanol–water partition coefficient (Wildman–Crippen LogP) is 2.48. The summed E-state index contributed by atoms with van der Waals surface area (Å²) in [4.78, 5) is 2.24. The van der Waals surface area contributed by atoms with Crippen molar-refractivity contribution in [2.24, 2.45) is 0 Å². The number of piperazine rings is 1. The van der Waals surface area contributed by atoms with Gasteiger partial charge in [0.15, 0.2) is 10.6 Å². The van der Waals surface area contributed by atoms with Crippen molar-refractivity contribution in [3.8, 4) is 0 Å². The van der Waals surface area contributed by atoms with E-state index >= 15 is 0 Å². The molecule has 0 aliphatic carbocycles. The van der Waals surface area contributed by atoms with E-state index < -0.39 is 0 Å². The van der Waals surface area contributed by atoms with Crippen LogP contribution in [0.4, 0.5) is 5.88 Å². The van der Waals surface area contributed by atoms with E-state index in [0.29, 0.717) is 0 Å². The topological polar surface area (TPSA) is 28.4 Å². The van der Waals surface area contributed by atoms with Gasteiger partial charge in [0.1, 0.15) is 0 Å². The fraction of sp³-hybridized carbons (Fsp3) is 0.600. The number of furan rings is 1. The molecule has 1 fully saturated rings. The van der Waals surface area contributed by atoms with Crippen LogP contribution in [0.2, 0.25) is 0 Å². The maximum absolute atomic E-state index is 5.44. The second kappa shape index (κ2) is 6.09. The smallest absolute Gasteiger partial charge is 0.197 e. The van der Waals surface area contributed by atoms with Gasteiger partial charge in [0.25, 0.3) is 0 Å². The standard InChI is InChI=1S/C8H11BrN2O.C2H6/c9-7-1-2-8(12-7)11-5-3-10-4-6-11;1-2/h1-2,10H,3-6H2;1-2H3. The zero-order chi connectivity index (χ0) is 10.4. The molecule has 0 amide bonds. The molecule has 2 heterocycles. The molecule has 0 bridgehead atoms. The Hall–Kier alpha value is -0.480. The summed E-state index contributed by atoms with van der Waals surface area (Å²) in [7, 11) is 0. The van der Waals surface area contributed by atoms with E-state index in [4.69, 9.17) is 4.42 Å². The van der Waals surface area contributed by atoms with Gasteiger partial charge in [0.2, 0.25) is 0 Å². The van der Waals surface area contributed by atoms with Crippen LogP contribution in [0.3, 0.4) is 0 Å². The van der Waals surface area contributed by atoms with Crippen molar-refractivity contribution in [2.45, 2.75) is 13.8 Å². The van der Waals surface area contributed by atoms with Crippen molar-refractivity contribution in [1.29, 1.82) is 0 Å². The fourth-order valence-electron chi connectivity index (χ4n) is 1.36. The van der Waals surface area contributed by atoms with Crippen LogP contribution >= 0.6 is 15.9 Å². The quantitative estimate of drug-likeness (QED) is 0.841. The van der Waals surface area contributed by atoms with Crippen LogP contribution in [0.15, 0.2) is 21.2 Å². The molecule has 1 aromatic rings. The number of anilines is 1. The first-order chi connectivity index (χ1) is 6.86. The van der Waals surface area contributed by atoms with Crippen molar-refractivity contribution in [3.05, 3.63) is 16.8 Å². The molecule has 1 aliphatic rings. The molecule has 2 rings (SSSR count). The van der Waals surface area contributed by atoms with Crippen LogP contribution < -0.4 is 10.2 Å². The molecular weight excluding hydrogens is 244 g/mol. The Morgan fingerprint density at radius 1 is 1.29 bits per heavy atom. The van der Waals surface area contributed by atoms with E-state index in [1.165, 1.54) is 0 Å². The van der Waals surface area contributed by atoms with Gasteiger partial charge in [-0.3, -0.25) is 0 Å². The zero-order valence-electron chi connectivity index (χ0n) is 8.72. The van der Waals surface area contributed by atoms with Crippen LogP contribution in [0.25, 0.3) is 0 Å². The summed E-state index contributed by atoms with van der Waals surface area (Å²) in [6.45, 7) is 8.14. The van der Waals surface area contributed by atoms with E-state index in [9.17, 15) is 0 Å². The first kappa shape index (κ1) is 11.6. The van der Waals surface area contributed by atoms with Crippen LogP contribution in [0.1, 0.15) is 13.8 Å². The Bertz CT molecular complexity index is 256. The van der Waals surface area contributed by atoms with Crippen LogP contribution in [0.5, 0.6) is 0 Å². The van der Waals surface area contributed by atoms with Gasteiger partial charge < -0.3 is 14.6 Å². The van der Waals surface area contributed by atoms with E-state index in [1.54, 1.807) is 0 Å².